The molecule has 0 aromatic heterocycles. The lowest BCUT2D eigenvalue weighted by atomic mass is 10.1. The normalized spacial score (nSPS) is 18.4. The number of halogens is 1. The first kappa shape index (κ1) is 15.4. The first-order valence-corrected chi connectivity index (χ1v) is 7.95. The Balaban J connectivity index is 2.30. The van der Waals surface area contributed by atoms with Gasteiger partial charge in [0, 0.05) is 32.3 Å². The molecule has 0 radical (unpaired) electrons. The quantitative estimate of drug-likeness (QED) is 0.903. The zero-order valence-corrected chi connectivity index (χ0v) is 12.2. The minimum Gasteiger partial charge on any atom is -0.381 e. The summed E-state index contributed by atoms with van der Waals surface area (Å²) in [5, 5.41) is 0. The van der Waals surface area contributed by atoms with Crippen LogP contribution in [-0.4, -0.2) is 39.0 Å². The molecule has 0 atom stereocenters. The first-order chi connectivity index (χ1) is 9.50. The van der Waals surface area contributed by atoms with Crippen molar-refractivity contribution in [3.8, 4) is 0 Å². The van der Waals surface area contributed by atoms with Crippen molar-refractivity contribution in [3.63, 3.8) is 0 Å². The van der Waals surface area contributed by atoms with Gasteiger partial charge in [0.05, 0.1) is 11.0 Å². The van der Waals surface area contributed by atoms with Crippen LogP contribution in [0.25, 0.3) is 0 Å². The van der Waals surface area contributed by atoms with E-state index in [0.717, 1.165) is 0 Å². The van der Waals surface area contributed by atoms with E-state index in [1.54, 1.807) is 7.11 Å². The molecule has 0 aliphatic carbocycles. The molecule has 0 spiro atoms. The standard InChI is InChI=1S/C13H19FN2O3S/c1-19-10-5-7-16(8-6-10)20(17,18)13-4-2-3-12(14)11(13)9-15/h2-4,10H,5-9,15H2,1H3. The fraction of sp³-hybridized carbons (Fsp3) is 0.538. The van der Waals surface area contributed by atoms with Crippen molar-refractivity contribution in [1.82, 2.24) is 4.31 Å². The highest BCUT2D eigenvalue weighted by Gasteiger charge is 2.31. The Hall–Kier alpha value is -1.02. The Morgan fingerprint density at radius 3 is 2.60 bits per heavy atom. The Morgan fingerprint density at radius 1 is 1.40 bits per heavy atom. The van der Waals surface area contributed by atoms with Crippen LogP contribution in [0.2, 0.25) is 0 Å². The number of ether oxygens (including phenoxy) is 1. The van der Waals surface area contributed by atoms with Gasteiger partial charge in [0.25, 0.3) is 0 Å². The maximum Gasteiger partial charge on any atom is 0.243 e. The zero-order valence-electron chi connectivity index (χ0n) is 11.4. The number of benzene rings is 1. The smallest absolute Gasteiger partial charge is 0.243 e. The van der Waals surface area contributed by atoms with Gasteiger partial charge in [0.2, 0.25) is 10.0 Å². The van der Waals surface area contributed by atoms with Crippen molar-refractivity contribution in [2.24, 2.45) is 5.73 Å². The van der Waals surface area contributed by atoms with E-state index in [1.165, 1.54) is 22.5 Å². The molecule has 1 heterocycles. The van der Waals surface area contributed by atoms with Crippen LogP contribution in [0.1, 0.15) is 18.4 Å². The predicted molar refractivity (Wildman–Crippen MR) is 73.1 cm³/mol. The van der Waals surface area contributed by atoms with Gasteiger partial charge in [0.15, 0.2) is 0 Å². The van der Waals surface area contributed by atoms with Crippen molar-refractivity contribution in [2.75, 3.05) is 20.2 Å². The fourth-order valence-electron chi connectivity index (χ4n) is 2.43. The molecule has 20 heavy (non-hydrogen) atoms. The average Bonchev–Trinajstić information content (AvgIpc) is 2.47. The number of methoxy groups -OCH3 is 1. The van der Waals surface area contributed by atoms with Crippen LogP contribution in [0.4, 0.5) is 4.39 Å². The summed E-state index contributed by atoms with van der Waals surface area (Å²) >= 11 is 0. The van der Waals surface area contributed by atoms with Gasteiger partial charge >= 0.3 is 0 Å². The van der Waals surface area contributed by atoms with Crippen molar-refractivity contribution < 1.29 is 17.5 Å². The van der Waals surface area contributed by atoms with Crippen LogP contribution in [0.3, 0.4) is 0 Å². The molecule has 0 amide bonds. The number of sulfonamides is 1. The maximum atomic E-state index is 13.7. The van der Waals surface area contributed by atoms with Crippen LogP contribution in [0.5, 0.6) is 0 Å². The lowest BCUT2D eigenvalue weighted by Crippen LogP contribution is -2.41. The Morgan fingerprint density at radius 2 is 2.05 bits per heavy atom. The zero-order chi connectivity index (χ0) is 14.8. The number of hydrogen-bond acceptors (Lipinski definition) is 4. The molecule has 1 aromatic rings. The molecule has 2 rings (SSSR count). The topological polar surface area (TPSA) is 72.6 Å². The van der Waals surface area contributed by atoms with Crippen LogP contribution in [0, 0.1) is 5.82 Å². The van der Waals surface area contributed by atoms with Gasteiger partial charge in [-0.3, -0.25) is 0 Å². The minimum atomic E-state index is -3.70. The van der Waals surface area contributed by atoms with Crippen molar-refractivity contribution in [3.05, 3.63) is 29.6 Å². The molecule has 5 nitrogen and oxygen atoms in total. The van der Waals surface area contributed by atoms with E-state index in [0.29, 0.717) is 25.9 Å². The van der Waals surface area contributed by atoms with Gasteiger partial charge in [-0.05, 0) is 25.0 Å². The van der Waals surface area contributed by atoms with Gasteiger partial charge < -0.3 is 10.5 Å². The third kappa shape index (κ3) is 2.85. The third-order valence-corrected chi connectivity index (χ3v) is 5.62. The summed E-state index contributed by atoms with van der Waals surface area (Å²) in [6.07, 6.45) is 1.37. The summed E-state index contributed by atoms with van der Waals surface area (Å²) < 4.78 is 45.4. The summed E-state index contributed by atoms with van der Waals surface area (Å²) in [5.41, 5.74) is 5.52. The van der Waals surface area contributed by atoms with Crippen LogP contribution >= 0.6 is 0 Å². The van der Waals surface area contributed by atoms with Gasteiger partial charge in [-0.2, -0.15) is 4.31 Å². The van der Waals surface area contributed by atoms with Crippen molar-refractivity contribution in [1.29, 1.82) is 0 Å². The lowest BCUT2D eigenvalue weighted by molar-refractivity contribution is 0.0604. The first-order valence-electron chi connectivity index (χ1n) is 6.51. The molecule has 1 aliphatic heterocycles. The molecule has 0 bridgehead atoms. The Kier molecular flexibility index (Phi) is 4.74. The number of hydrogen-bond donors (Lipinski definition) is 1. The number of nitrogens with zero attached hydrogens (tertiary/aromatic N) is 1. The lowest BCUT2D eigenvalue weighted by Gasteiger charge is -2.30. The molecule has 1 aromatic carbocycles. The molecule has 1 fully saturated rings. The number of piperidine rings is 1. The molecule has 0 saturated carbocycles. The van der Waals surface area contributed by atoms with E-state index in [4.69, 9.17) is 10.5 Å². The molecule has 112 valence electrons. The third-order valence-electron chi connectivity index (χ3n) is 3.63. The minimum absolute atomic E-state index is 0.0316. The second-order valence-electron chi connectivity index (χ2n) is 4.76. The predicted octanol–water partition coefficient (Wildman–Crippen LogP) is 1.08. The van der Waals surface area contributed by atoms with Gasteiger partial charge in [-0.15, -0.1) is 0 Å². The maximum absolute atomic E-state index is 13.7. The summed E-state index contributed by atoms with van der Waals surface area (Å²) in [7, 11) is -2.08. The summed E-state index contributed by atoms with van der Waals surface area (Å²) in [6.45, 7) is 0.610. The van der Waals surface area contributed by atoms with Crippen LogP contribution in [0.15, 0.2) is 23.1 Å². The molecule has 2 N–H and O–H groups in total. The summed E-state index contributed by atoms with van der Waals surface area (Å²) in [6, 6.07) is 4.02. The SMILES string of the molecule is COC1CCN(S(=O)(=O)c2cccc(F)c2CN)CC1. The molecule has 0 unspecified atom stereocenters. The molecule has 1 aliphatic rings. The molecular formula is C13H19FN2O3S. The van der Waals surface area contributed by atoms with Crippen molar-refractivity contribution in [2.45, 2.75) is 30.4 Å². The summed E-state index contributed by atoms with van der Waals surface area (Å²) in [4.78, 5) is -0.0316. The highest BCUT2D eigenvalue weighted by molar-refractivity contribution is 7.89. The Labute approximate surface area is 118 Å². The monoisotopic (exact) mass is 302 g/mol. The van der Waals surface area contributed by atoms with E-state index < -0.39 is 15.8 Å². The second-order valence-corrected chi connectivity index (χ2v) is 6.67. The Bertz CT molecular complexity index is 569. The number of nitrogens with two attached hydrogens (primary N) is 1. The van der Waals surface area contributed by atoms with E-state index in [1.807, 2.05) is 0 Å². The highest BCUT2D eigenvalue weighted by Crippen LogP contribution is 2.25. The molecular weight excluding hydrogens is 283 g/mol. The number of rotatable bonds is 4. The van der Waals surface area contributed by atoms with Crippen LogP contribution < -0.4 is 5.73 Å². The summed E-state index contributed by atoms with van der Waals surface area (Å²) in [5.74, 6) is -0.583. The van der Waals surface area contributed by atoms with Gasteiger partial charge in [-0.25, -0.2) is 12.8 Å². The molecule has 1 saturated heterocycles. The van der Waals surface area contributed by atoms with Gasteiger partial charge in [-0.1, -0.05) is 6.07 Å². The van der Waals surface area contributed by atoms with Crippen molar-refractivity contribution >= 4 is 10.0 Å². The second kappa shape index (κ2) is 6.17. The van der Waals surface area contributed by atoms with E-state index in [-0.39, 0.29) is 23.1 Å². The van der Waals surface area contributed by atoms with E-state index >= 15 is 0 Å². The molecule has 7 heteroatoms. The van der Waals surface area contributed by atoms with Crippen LogP contribution in [-0.2, 0) is 21.3 Å². The largest absolute Gasteiger partial charge is 0.381 e. The van der Waals surface area contributed by atoms with E-state index in [2.05, 4.69) is 0 Å². The highest BCUT2D eigenvalue weighted by atomic mass is 32.2. The van der Waals surface area contributed by atoms with Gasteiger partial charge in [0.1, 0.15) is 5.82 Å². The average molecular weight is 302 g/mol. The van der Waals surface area contributed by atoms with E-state index in [9.17, 15) is 12.8 Å². The fourth-order valence-corrected chi connectivity index (χ4v) is 4.14.